The topological polar surface area (TPSA) is 135 Å². The van der Waals surface area contributed by atoms with Crippen molar-refractivity contribution in [3.63, 3.8) is 0 Å². The Morgan fingerprint density at radius 3 is 2.80 bits per heavy atom. The van der Waals surface area contributed by atoms with Crippen molar-refractivity contribution in [3.05, 3.63) is 38.3 Å². The first-order chi connectivity index (χ1) is 12.0. The SMILES string of the molecule is CCCCOc1c(C(=O)N(CCN)C(C)C)oc(CN=[N+]=[N-])cc1=O. The smallest absolute Gasteiger partial charge is 0.293 e. The maximum Gasteiger partial charge on any atom is 0.293 e. The van der Waals surface area contributed by atoms with E-state index in [-0.39, 0.29) is 36.4 Å². The summed E-state index contributed by atoms with van der Waals surface area (Å²) in [5.74, 6) is -0.683. The second kappa shape index (κ2) is 10.4. The molecule has 2 N–H and O–H groups in total. The van der Waals surface area contributed by atoms with Crippen LogP contribution in [0, 0.1) is 0 Å². The van der Waals surface area contributed by atoms with Crippen LogP contribution in [0.25, 0.3) is 10.4 Å². The Bertz CT molecular complexity index is 680. The molecule has 0 saturated carbocycles. The number of nitrogens with zero attached hydrogens (tertiary/aromatic N) is 4. The summed E-state index contributed by atoms with van der Waals surface area (Å²) in [6.07, 6.45) is 1.62. The maximum atomic E-state index is 12.9. The lowest BCUT2D eigenvalue weighted by Crippen LogP contribution is -2.41. The fourth-order valence-electron chi connectivity index (χ4n) is 2.17. The van der Waals surface area contributed by atoms with E-state index in [2.05, 4.69) is 10.0 Å². The molecule has 9 heteroatoms. The molecule has 1 rings (SSSR count). The van der Waals surface area contributed by atoms with E-state index in [1.54, 1.807) is 0 Å². The van der Waals surface area contributed by atoms with Gasteiger partial charge in [0.25, 0.3) is 5.91 Å². The van der Waals surface area contributed by atoms with Crippen LogP contribution in [-0.4, -0.2) is 36.5 Å². The largest absolute Gasteiger partial charge is 0.486 e. The van der Waals surface area contributed by atoms with Gasteiger partial charge in [-0.25, -0.2) is 0 Å². The number of ether oxygens (including phenoxy) is 1. The molecule has 1 amide bonds. The number of nitrogens with two attached hydrogens (primary N) is 1. The summed E-state index contributed by atoms with van der Waals surface area (Å²) in [6.45, 7) is 6.40. The molecule has 0 bridgehead atoms. The summed E-state index contributed by atoms with van der Waals surface area (Å²) in [5, 5.41) is 3.37. The third-order valence-corrected chi connectivity index (χ3v) is 3.44. The first-order valence-corrected chi connectivity index (χ1v) is 8.27. The molecule has 1 aromatic rings. The molecule has 138 valence electrons. The van der Waals surface area contributed by atoms with E-state index in [1.807, 2.05) is 20.8 Å². The van der Waals surface area contributed by atoms with E-state index >= 15 is 0 Å². The van der Waals surface area contributed by atoms with Crippen molar-refractivity contribution in [2.45, 2.75) is 46.2 Å². The van der Waals surface area contributed by atoms with E-state index in [0.717, 1.165) is 12.8 Å². The van der Waals surface area contributed by atoms with E-state index < -0.39 is 11.3 Å². The van der Waals surface area contributed by atoms with Crippen LogP contribution in [0.4, 0.5) is 0 Å². The number of hydrogen-bond donors (Lipinski definition) is 1. The molecule has 0 aromatic carbocycles. The minimum absolute atomic E-state index is 0.102. The lowest BCUT2D eigenvalue weighted by Gasteiger charge is -2.26. The Hall–Kier alpha value is -2.51. The molecule has 0 saturated heterocycles. The maximum absolute atomic E-state index is 12.9. The summed E-state index contributed by atoms with van der Waals surface area (Å²) in [7, 11) is 0. The predicted molar refractivity (Wildman–Crippen MR) is 93.5 cm³/mol. The third kappa shape index (κ3) is 5.81. The number of unbranched alkanes of at least 4 members (excludes halogenated alkanes) is 1. The molecule has 0 aliphatic heterocycles. The normalized spacial score (nSPS) is 10.4. The van der Waals surface area contributed by atoms with Crippen LogP contribution in [0.15, 0.2) is 20.4 Å². The molecule has 25 heavy (non-hydrogen) atoms. The average Bonchev–Trinajstić information content (AvgIpc) is 2.58. The van der Waals surface area contributed by atoms with Crippen LogP contribution < -0.4 is 15.9 Å². The van der Waals surface area contributed by atoms with Gasteiger partial charge in [-0.05, 0) is 25.8 Å². The molecule has 0 spiro atoms. The van der Waals surface area contributed by atoms with Crippen molar-refractivity contribution in [3.8, 4) is 5.75 Å². The Morgan fingerprint density at radius 1 is 1.52 bits per heavy atom. The molecule has 0 aliphatic rings. The Kier molecular flexibility index (Phi) is 8.52. The lowest BCUT2D eigenvalue weighted by molar-refractivity contribution is 0.0665. The van der Waals surface area contributed by atoms with E-state index in [4.69, 9.17) is 20.4 Å². The molecule has 0 atom stereocenters. The van der Waals surface area contributed by atoms with Crippen molar-refractivity contribution in [1.82, 2.24) is 4.90 Å². The fourth-order valence-corrected chi connectivity index (χ4v) is 2.17. The van der Waals surface area contributed by atoms with Gasteiger partial charge in [-0.3, -0.25) is 9.59 Å². The quantitative estimate of drug-likeness (QED) is 0.299. The standard InChI is InChI=1S/C16H25N5O4/c1-4-5-8-24-14-13(22)9-12(10-19-20-18)25-15(14)16(23)21(7-6-17)11(2)3/h9,11H,4-8,10,17H2,1-3H3. The van der Waals surface area contributed by atoms with Gasteiger partial charge in [-0.2, -0.15) is 0 Å². The summed E-state index contributed by atoms with van der Waals surface area (Å²) in [5.41, 5.74) is 13.5. The summed E-state index contributed by atoms with van der Waals surface area (Å²) in [4.78, 5) is 29.4. The van der Waals surface area contributed by atoms with Crippen LogP contribution in [0.3, 0.4) is 0 Å². The Labute approximate surface area is 146 Å². The molecule has 0 aliphatic carbocycles. The molecule has 1 aromatic heterocycles. The van der Waals surface area contributed by atoms with Crippen LogP contribution in [-0.2, 0) is 6.54 Å². The fraction of sp³-hybridized carbons (Fsp3) is 0.625. The van der Waals surface area contributed by atoms with Gasteiger partial charge in [0, 0.05) is 30.1 Å². The van der Waals surface area contributed by atoms with Crippen molar-refractivity contribution >= 4 is 5.91 Å². The van der Waals surface area contributed by atoms with Crippen LogP contribution in [0.1, 0.15) is 49.9 Å². The van der Waals surface area contributed by atoms with Gasteiger partial charge in [0.15, 0.2) is 0 Å². The first kappa shape index (κ1) is 20.5. The van der Waals surface area contributed by atoms with Crippen molar-refractivity contribution < 1.29 is 13.9 Å². The molecular weight excluding hydrogens is 326 g/mol. The van der Waals surface area contributed by atoms with Gasteiger partial charge >= 0.3 is 0 Å². The number of carbonyl (C=O) groups is 1. The van der Waals surface area contributed by atoms with Gasteiger partial charge < -0.3 is 19.8 Å². The molecule has 0 unspecified atom stereocenters. The van der Waals surface area contributed by atoms with Crippen LogP contribution in [0.5, 0.6) is 5.75 Å². The zero-order valence-electron chi connectivity index (χ0n) is 14.9. The van der Waals surface area contributed by atoms with E-state index in [1.165, 1.54) is 11.0 Å². The third-order valence-electron chi connectivity index (χ3n) is 3.44. The van der Waals surface area contributed by atoms with E-state index in [0.29, 0.717) is 13.2 Å². The van der Waals surface area contributed by atoms with Gasteiger partial charge in [-0.1, -0.05) is 18.5 Å². The Balaban J connectivity index is 3.33. The summed E-state index contributed by atoms with van der Waals surface area (Å²) >= 11 is 0. The monoisotopic (exact) mass is 351 g/mol. The molecule has 0 radical (unpaired) electrons. The second-order valence-corrected chi connectivity index (χ2v) is 5.71. The minimum Gasteiger partial charge on any atom is -0.486 e. The number of rotatable bonds is 10. The number of carbonyl (C=O) groups excluding carboxylic acids is 1. The molecule has 9 nitrogen and oxygen atoms in total. The van der Waals surface area contributed by atoms with Crippen molar-refractivity contribution in [2.24, 2.45) is 10.8 Å². The zero-order valence-corrected chi connectivity index (χ0v) is 14.9. The molecular formula is C16H25N5O4. The highest BCUT2D eigenvalue weighted by atomic mass is 16.5. The van der Waals surface area contributed by atoms with Crippen LogP contribution in [0.2, 0.25) is 0 Å². The Morgan fingerprint density at radius 2 is 2.24 bits per heavy atom. The van der Waals surface area contributed by atoms with Crippen molar-refractivity contribution in [1.29, 1.82) is 0 Å². The first-order valence-electron chi connectivity index (χ1n) is 8.27. The average molecular weight is 351 g/mol. The van der Waals surface area contributed by atoms with Gasteiger partial charge in [0.1, 0.15) is 5.76 Å². The molecule has 1 heterocycles. The van der Waals surface area contributed by atoms with Gasteiger partial charge in [0.2, 0.25) is 16.9 Å². The summed E-state index contributed by atoms with van der Waals surface area (Å²) in [6, 6.07) is 1.04. The molecule has 0 fully saturated rings. The number of amides is 1. The lowest BCUT2D eigenvalue weighted by atomic mass is 10.2. The van der Waals surface area contributed by atoms with Crippen LogP contribution >= 0.6 is 0 Å². The van der Waals surface area contributed by atoms with E-state index in [9.17, 15) is 9.59 Å². The van der Waals surface area contributed by atoms with Crippen molar-refractivity contribution in [2.75, 3.05) is 19.7 Å². The highest BCUT2D eigenvalue weighted by Gasteiger charge is 2.27. The van der Waals surface area contributed by atoms with Gasteiger partial charge in [0.05, 0.1) is 13.2 Å². The number of hydrogen-bond acceptors (Lipinski definition) is 6. The highest BCUT2D eigenvalue weighted by molar-refractivity contribution is 5.94. The zero-order chi connectivity index (χ0) is 18.8. The van der Waals surface area contributed by atoms with Gasteiger partial charge in [-0.15, -0.1) is 0 Å². The predicted octanol–water partition coefficient (Wildman–Crippen LogP) is 2.44. The second-order valence-electron chi connectivity index (χ2n) is 5.71. The number of azide groups is 1. The minimum atomic E-state index is -0.481. The summed E-state index contributed by atoms with van der Waals surface area (Å²) < 4.78 is 11.0. The highest BCUT2D eigenvalue weighted by Crippen LogP contribution is 2.20.